The highest BCUT2D eigenvalue weighted by Gasteiger charge is 2.21. The highest BCUT2D eigenvalue weighted by molar-refractivity contribution is 5.97. The van der Waals surface area contributed by atoms with Crippen molar-refractivity contribution >= 4 is 5.78 Å². The Morgan fingerprint density at radius 2 is 1.83 bits per heavy atom. The van der Waals surface area contributed by atoms with Crippen LogP contribution in [0, 0.1) is 5.92 Å². The molecule has 0 fully saturated rings. The number of carbonyl (C=O) groups is 1. The van der Waals surface area contributed by atoms with Crippen molar-refractivity contribution in [3.05, 3.63) is 35.9 Å². The van der Waals surface area contributed by atoms with Crippen LogP contribution in [0.15, 0.2) is 30.3 Å². The molecule has 0 bridgehead atoms. The second-order valence-electron chi connectivity index (χ2n) is 4.73. The molecule has 0 aliphatic heterocycles. The lowest BCUT2D eigenvalue weighted by Crippen LogP contribution is -2.27. The van der Waals surface area contributed by atoms with Crippen LogP contribution in [-0.4, -0.2) is 29.7 Å². The van der Waals surface area contributed by atoms with E-state index in [1.807, 2.05) is 44.2 Å². The summed E-state index contributed by atoms with van der Waals surface area (Å²) in [4.78, 5) is 12.2. The Morgan fingerprint density at radius 1 is 1.22 bits per heavy atom. The molecule has 3 atom stereocenters. The number of benzene rings is 1. The van der Waals surface area contributed by atoms with Gasteiger partial charge in [-0.15, -0.1) is 0 Å². The van der Waals surface area contributed by atoms with Crippen LogP contribution in [-0.2, 0) is 4.74 Å². The predicted octanol–water partition coefficient (Wildman–Crippen LogP) is 2.68. The van der Waals surface area contributed by atoms with E-state index in [4.69, 9.17) is 9.84 Å². The maximum Gasteiger partial charge on any atom is 0.168 e. The fraction of sp³-hybridized carbons (Fsp3) is 0.533. The van der Waals surface area contributed by atoms with Gasteiger partial charge in [0.05, 0.1) is 12.2 Å². The Morgan fingerprint density at radius 3 is 2.39 bits per heavy atom. The van der Waals surface area contributed by atoms with Crippen LogP contribution in [0.3, 0.4) is 0 Å². The lowest BCUT2D eigenvalue weighted by molar-refractivity contribution is 0.0151. The summed E-state index contributed by atoms with van der Waals surface area (Å²) in [5, 5.41) is 9.14. The van der Waals surface area contributed by atoms with Gasteiger partial charge in [-0.1, -0.05) is 37.3 Å². The predicted molar refractivity (Wildman–Crippen MR) is 71.6 cm³/mol. The van der Waals surface area contributed by atoms with E-state index in [2.05, 4.69) is 0 Å². The standard InChI is InChI=1S/C15H22O3/c1-11(16)9-10-18-13(3)12(2)15(17)14-7-5-4-6-8-14/h4-8,11-13,16H,9-10H2,1-3H3. The smallest absolute Gasteiger partial charge is 0.168 e. The van der Waals surface area contributed by atoms with E-state index in [1.54, 1.807) is 6.92 Å². The molecule has 0 aliphatic rings. The number of ether oxygens (including phenoxy) is 1. The van der Waals surface area contributed by atoms with Crippen molar-refractivity contribution in [1.29, 1.82) is 0 Å². The van der Waals surface area contributed by atoms with Crippen LogP contribution in [0.1, 0.15) is 37.6 Å². The van der Waals surface area contributed by atoms with E-state index in [9.17, 15) is 4.79 Å². The summed E-state index contributed by atoms with van der Waals surface area (Å²) in [6, 6.07) is 9.25. The second-order valence-corrected chi connectivity index (χ2v) is 4.73. The topological polar surface area (TPSA) is 46.5 Å². The minimum atomic E-state index is -0.364. The zero-order chi connectivity index (χ0) is 13.5. The van der Waals surface area contributed by atoms with Gasteiger partial charge in [0.1, 0.15) is 0 Å². The molecule has 1 aromatic rings. The van der Waals surface area contributed by atoms with E-state index in [0.717, 1.165) is 5.56 Å². The molecular weight excluding hydrogens is 228 g/mol. The SMILES string of the molecule is CC(O)CCOC(C)C(C)C(=O)c1ccccc1. The number of aliphatic hydroxyl groups is 1. The number of aliphatic hydroxyl groups excluding tert-OH is 1. The normalized spacial score (nSPS) is 16.0. The van der Waals surface area contributed by atoms with Gasteiger partial charge in [-0.2, -0.15) is 0 Å². The van der Waals surface area contributed by atoms with Gasteiger partial charge in [0.25, 0.3) is 0 Å². The molecule has 0 amide bonds. The molecule has 100 valence electrons. The first-order valence-corrected chi connectivity index (χ1v) is 6.41. The summed E-state index contributed by atoms with van der Waals surface area (Å²) in [5.41, 5.74) is 0.718. The minimum absolute atomic E-state index is 0.0974. The average molecular weight is 250 g/mol. The van der Waals surface area contributed by atoms with E-state index in [-0.39, 0.29) is 23.9 Å². The number of rotatable bonds is 7. The van der Waals surface area contributed by atoms with E-state index in [1.165, 1.54) is 0 Å². The van der Waals surface area contributed by atoms with Crippen LogP contribution in [0.25, 0.3) is 0 Å². The molecule has 1 N–H and O–H groups in total. The Bertz CT molecular complexity index is 359. The second kappa shape index (κ2) is 7.29. The molecule has 3 heteroatoms. The highest BCUT2D eigenvalue weighted by Crippen LogP contribution is 2.15. The van der Waals surface area contributed by atoms with Crippen molar-refractivity contribution in [1.82, 2.24) is 0 Å². The van der Waals surface area contributed by atoms with Crippen molar-refractivity contribution in [2.75, 3.05) is 6.61 Å². The highest BCUT2D eigenvalue weighted by atomic mass is 16.5. The number of hydrogen-bond acceptors (Lipinski definition) is 3. The lowest BCUT2D eigenvalue weighted by Gasteiger charge is -2.20. The number of ketones is 1. The van der Waals surface area contributed by atoms with Gasteiger partial charge in [0.2, 0.25) is 0 Å². The largest absolute Gasteiger partial charge is 0.393 e. The van der Waals surface area contributed by atoms with Crippen LogP contribution in [0.5, 0.6) is 0 Å². The Hall–Kier alpha value is -1.19. The molecule has 18 heavy (non-hydrogen) atoms. The fourth-order valence-electron chi connectivity index (χ4n) is 1.65. The maximum atomic E-state index is 12.2. The van der Waals surface area contributed by atoms with Crippen LogP contribution < -0.4 is 0 Å². The molecule has 0 radical (unpaired) electrons. The number of Topliss-reactive ketones (excluding diaryl/α,β-unsaturated/α-hetero) is 1. The van der Waals surface area contributed by atoms with Crippen LogP contribution >= 0.6 is 0 Å². The van der Waals surface area contributed by atoms with Crippen molar-refractivity contribution in [2.45, 2.75) is 39.4 Å². The average Bonchev–Trinajstić information content (AvgIpc) is 2.37. The van der Waals surface area contributed by atoms with Crippen LogP contribution in [0.2, 0.25) is 0 Å². The molecule has 3 unspecified atom stereocenters. The molecule has 3 nitrogen and oxygen atoms in total. The zero-order valence-electron chi connectivity index (χ0n) is 11.3. The van der Waals surface area contributed by atoms with E-state index < -0.39 is 0 Å². The van der Waals surface area contributed by atoms with Crippen molar-refractivity contribution in [3.63, 3.8) is 0 Å². The Labute approximate surface area is 109 Å². The molecule has 0 spiro atoms. The van der Waals surface area contributed by atoms with E-state index >= 15 is 0 Å². The van der Waals surface area contributed by atoms with E-state index in [0.29, 0.717) is 13.0 Å². The third-order valence-electron chi connectivity index (χ3n) is 3.09. The van der Waals surface area contributed by atoms with Crippen molar-refractivity contribution in [2.24, 2.45) is 5.92 Å². The maximum absolute atomic E-state index is 12.2. The number of hydrogen-bond donors (Lipinski definition) is 1. The van der Waals surface area contributed by atoms with Gasteiger partial charge >= 0.3 is 0 Å². The van der Waals surface area contributed by atoms with Gasteiger partial charge < -0.3 is 9.84 Å². The van der Waals surface area contributed by atoms with Crippen molar-refractivity contribution in [3.8, 4) is 0 Å². The third-order valence-corrected chi connectivity index (χ3v) is 3.09. The molecule has 0 heterocycles. The molecule has 0 aliphatic carbocycles. The monoisotopic (exact) mass is 250 g/mol. The van der Waals surface area contributed by atoms with Gasteiger partial charge in [-0.05, 0) is 20.3 Å². The quantitative estimate of drug-likeness (QED) is 0.757. The first-order chi connectivity index (χ1) is 8.52. The molecule has 0 aromatic heterocycles. The molecular formula is C15H22O3. The lowest BCUT2D eigenvalue weighted by atomic mass is 9.95. The van der Waals surface area contributed by atoms with Crippen molar-refractivity contribution < 1.29 is 14.6 Å². The summed E-state index contributed by atoms with van der Waals surface area (Å²) in [7, 11) is 0. The van der Waals surface area contributed by atoms with Crippen LogP contribution in [0.4, 0.5) is 0 Å². The van der Waals surface area contributed by atoms with Gasteiger partial charge in [0.15, 0.2) is 5.78 Å². The Kier molecular flexibility index (Phi) is 6.02. The summed E-state index contributed by atoms with van der Waals surface area (Å²) < 4.78 is 5.58. The third kappa shape index (κ3) is 4.59. The summed E-state index contributed by atoms with van der Waals surface area (Å²) >= 11 is 0. The first-order valence-electron chi connectivity index (χ1n) is 6.41. The zero-order valence-corrected chi connectivity index (χ0v) is 11.3. The Balaban J connectivity index is 2.48. The summed E-state index contributed by atoms with van der Waals surface area (Å²) in [6.45, 7) is 5.98. The van der Waals surface area contributed by atoms with Gasteiger partial charge in [0, 0.05) is 18.1 Å². The summed E-state index contributed by atoms with van der Waals surface area (Å²) in [6.07, 6.45) is 0.0881. The molecule has 0 saturated heterocycles. The molecule has 1 aromatic carbocycles. The minimum Gasteiger partial charge on any atom is -0.393 e. The fourth-order valence-corrected chi connectivity index (χ4v) is 1.65. The molecule has 0 saturated carbocycles. The summed E-state index contributed by atoms with van der Waals surface area (Å²) in [5.74, 6) is -0.0819. The van der Waals surface area contributed by atoms with Gasteiger partial charge in [-0.25, -0.2) is 0 Å². The first kappa shape index (κ1) is 14.9. The number of carbonyl (C=O) groups excluding carboxylic acids is 1. The van der Waals surface area contributed by atoms with Gasteiger partial charge in [-0.3, -0.25) is 4.79 Å². The molecule has 1 rings (SSSR count).